The van der Waals surface area contributed by atoms with Crippen LogP contribution in [0.1, 0.15) is 12.8 Å². The van der Waals surface area contributed by atoms with Gasteiger partial charge in [-0.3, -0.25) is 15.0 Å². The second kappa shape index (κ2) is 4.55. The zero-order valence-corrected chi connectivity index (χ0v) is 10.3. The van der Waals surface area contributed by atoms with E-state index in [4.69, 9.17) is 0 Å². The van der Waals surface area contributed by atoms with Crippen LogP contribution in [0.15, 0.2) is 0 Å². The Morgan fingerprint density at radius 2 is 2.25 bits per heavy atom. The predicted molar refractivity (Wildman–Crippen MR) is 65.4 cm³/mol. The van der Waals surface area contributed by atoms with Crippen LogP contribution in [0.3, 0.4) is 0 Å². The molecule has 0 aromatic rings. The zero-order chi connectivity index (χ0) is 11.0. The lowest BCUT2D eigenvalue weighted by Crippen LogP contribution is -2.55. The van der Waals surface area contributed by atoms with E-state index in [2.05, 4.69) is 15.1 Å². The molecule has 0 aliphatic carbocycles. The lowest BCUT2D eigenvalue weighted by atomic mass is 10.1. The first-order valence-corrected chi connectivity index (χ1v) is 7.34. The van der Waals surface area contributed by atoms with Crippen LogP contribution in [-0.4, -0.2) is 65.6 Å². The molecule has 0 radical (unpaired) electrons. The van der Waals surface area contributed by atoms with Gasteiger partial charge in [0, 0.05) is 37.3 Å². The SMILES string of the molecule is O=C(C1CSCN1)N1CCN2CCCC2C1. The zero-order valence-electron chi connectivity index (χ0n) is 9.52. The fourth-order valence-electron chi connectivity index (χ4n) is 2.97. The van der Waals surface area contributed by atoms with Gasteiger partial charge in [0.1, 0.15) is 0 Å². The molecular formula is C11H19N3OS. The topological polar surface area (TPSA) is 35.6 Å². The van der Waals surface area contributed by atoms with Gasteiger partial charge < -0.3 is 4.90 Å². The van der Waals surface area contributed by atoms with Crippen LogP contribution < -0.4 is 5.32 Å². The van der Waals surface area contributed by atoms with Crippen LogP contribution in [0.4, 0.5) is 0 Å². The van der Waals surface area contributed by atoms with Crippen molar-refractivity contribution in [2.45, 2.75) is 24.9 Å². The van der Waals surface area contributed by atoms with Crippen molar-refractivity contribution in [1.29, 1.82) is 0 Å². The van der Waals surface area contributed by atoms with Crippen molar-refractivity contribution in [2.24, 2.45) is 0 Å². The van der Waals surface area contributed by atoms with Gasteiger partial charge in [0.15, 0.2) is 0 Å². The Morgan fingerprint density at radius 1 is 1.31 bits per heavy atom. The average Bonchev–Trinajstić information content (AvgIpc) is 2.98. The van der Waals surface area contributed by atoms with Crippen molar-refractivity contribution in [3.05, 3.63) is 0 Å². The number of amides is 1. The van der Waals surface area contributed by atoms with Crippen molar-refractivity contribution < 1.29 is 4.79 Å². The van der Waals surface area contributed by atoms with Gasteiger partial charge in [-0.1, -0.05) is 0 Å². The highest BCUT2D eigenvalue weighted by Gasteiger charge is 2.35. The highest BCUT2D eigenvalue weighted by atomic mass is 32.2. The molecule has 3 fully saturated rings. The van der Waals surface area contributed by atoms with Crippen molar-refractivity contribution in [2.75, 3.05) is 37.8 Å². The van der Waals surface area contributed by atoms with Crippen molar-refractivity contribution in [3.8, 4) is 0 Å². The number of thioether (sulfide) groups is 1. The Kier molecular flexibility index (Phi) is 3.09. The molecule has 90 valence electrons. The number of hydrogen-bond donors (Lipinski definition) is 1. The molecule has 3 aliphatic rings. The van der Waals surface area contributed by atoms with Crippen LogP contribution in [0, 0.1) is 0 Å². The molecule has 3 rings (SSSR count). The number of hydrogen-bond acceptors (Lipinski definition) is 4. The third-order valence-electron chi connectivity index (χ3n) is 3.91. The minimum atomic E-state index is 0.0814. The average molecular weight is 241 g/mol. The largest absolute Gasteiger partial charge is 0.338 e. The van der Waals surface area contributed by atoms with E-state index < -0.39 is 0 Å². The maximum atomic E-state index is 12.2. The van der Waals surface area contributed by atoms with E-state index in [1.165, 1.54) is 19.4 Å². The molecule has 0 saturated carbocycles. The highest BCUT2D eigenvalue weighted by molar-refractivity contribution is 7.99. The normalized spacial score (nSPS) is 35.4. The number of nitrogens with zero attached hydrogens (tertiary/aromatic N) is 2. The lowest BCUT2D eigenvalue weighted by molar-refractivity contribution is -0.135. The van der Waals surface area contributed by atoms with E-state index in [-0.39, 0.29) is 6.04 Å². The minimum absolute atomic E-state index is 0.0814. The van der Waals surface area contributed by atoms with E-state index in [1.54, 1.807) is 0 Å². The first kappa shape index (κ1) is 10.9. The van der Waals surface area contributed by atoms with Gasteiger partial charge in [-0.05, 0) is 19.4 Å². The molecule has 4 nitrogen and oxygen atoms in total. The molecule has 5 heteroatoms. The van der Waals surface area contributed by atoms with E-state index >= 15 is 0 Å². The molecule has 3 saturated heterocycles. The summed E-state index contributed by atoms with van der Waals surface area (Å²) in [6.07, 6.45) is 2.58. The molecule has 2 atom stereocenters. The fraction of sp³-hybridized carbons (Fsp3) is 0.909. The summed E-state index contributed by atoms with van der Waals surface area (Å²) < 4.78 is 0. The smallest absolute Gasteiger partial charge is 0.240 e. The maximum absolute atomic E-state index is 12.2. The van der Waals surface area contributed by atoms with Crippen molar-refractivity contribution >= 4 is 17.7 Å². The van der Waals surface area contributed by atoms with Crippen LogP contribution in [0.25, 0.3) is 0 Å². The number of carbonyl (C=O) groups is 1. The first-order chi connectivity index (χ1) is 7.84. The monoisotopic (exact) mass is 241 g/mol. The summed E-state index contributed by atoms with van der Waals surface area (Å²) >= 11 is 1.82. The summed E-state index contributed by atoms with van der Waals surface area (Å²) in [4.78, 5) is 16.8. The van der Waals surface area contributed by atoms with E-state index in [1.807, 2.05) is 11.8 Å². The summed E-state index contributed by atoms with van der Waals surface area (Å²) in [6.45, 7) is 4.21. The fourth-order valence-corrected chi connectivity index (χ4v) is 3.90. The van der Waals surface area contributed by atoms with Crippen LogP contribution in [0.5, 0.6) is 0 Å². The Morgan fingerprint density at radius 3 is 3.06 bits per heavy atom. The predicted octanol–water partition coefficient (Wildman–Crippen LogP) is -0.0445. The first-order valence-electron chi connectivity index (χ1n) is 6.18. The maximum Gasteiger partial charge on any atom is 0.240 e. The Balaban J connectivity index is 1.60. The lowest BCUT2D eigenvalue weighted by Gasteiger charge is -2.38. The number of nitrogens with one attached hydrogen (secondary N) is 1. The van der Waals surface area contributed by atoms with Gasteiger partial charge in [0.05, 0.1) is 6.04 Å². The van der Waals surface area contributed by atoms with Crippen LogP contribution in [-0.2, 0) is 4.79 Å². The summed E-state index contributed by atoms with van der Waals surface area (Å²) in [6, 6.07) is 0.727. The van der Waals surface area contributed by atoms with E-state index in [0.717, 1.165) is 31.3 Å². The number of carbonyl (C=O) groups excluding carboxylic acids is 1. The molecule has 1 amide bonds. The minimum Gasteiger partial charge on any atom is -0.338 e. The summed E-state index contributed by atoms with van der Waals surface area (Å²) in [5.74, 6) is 2.21. The Hall–Kier alpha value is -0.260. The van der Waals surface area contributed by atoms with Gasteiger partial charge in [-0.15, -0.1) is 11.8 Å². The molecule has 2 unspecified atom stereocenters. The standard InChI is InChI=1S/C11H19N3OS/c15-11(10-7-16-8-12-10)14-5-4-13-3-1-2-9(13)6-14/h9-10,12H,1-8H2. The van der Waals surface area contributed by atoms with Gasteiger partial charge >= 0.3 is 0 Å². The van der Waals surface area contributed by atoms with Crippen LogP contribution >= 0.6 is 11.8 Å². The second-order valence-corrected chi connectivity index (χ2v) is 5.92. The molecule has 3 aliphatic heterocycles. The number of piperazine rings is 1. The molecule has 16 heavy (non-hydrogen) atoms. The Labute approximate surface area is 101 Å². The molecular weight excluding hydrogens is 222 g/mol. The van der Waals surface area contributed by atoms with Crippen LogP contribution in [0.2, 0.25) is 0 Å². The Bertz CT molecular complexity index is 280. The molecule has 1 N–H and O–H groups in total. The molecule has 0 spiro atoms. The third kappa shape index (κ3) is 1.96. The van der Waals surface area contributed by atoms with Gasteiger partial charge in [0.2, 0.25) is 5.91 Å². The summed E-state index contributed by atoms with van der Waals surface area (Å²) in [5, 5.41) is 3.27. The molecule has 0 aromatic carbocycles. The number of fused-ring (bicyclic) bond motifs is 1. The number of rotatable bonds is 1. The molecule has 0 bridgehead atoms. The van der Waals surface area contributed by atoms with Crippen molar-refractivity contribution in [1.82, 2.24) is 15.1 Å². The van der Waals surface area contributed by atoms with Crippen molar-refractivity contribution in [3.63, 3.8) is 0 Å². The summed E-state index contributed by atoms with van der Waals surface area (Å²) in [5.41, 5.74) is 0. The molecule has 3 heterocycles. The second-order valence-electron chi connectivity index (χ2n) is 4.89. The van der Waals surface area contributed by atoms with E-state index in [0.29, 0.717) is 11.9 Å². The quantitative estimate of drug-likeness (QED) is 0.698. The summed E-state index contributed by atoms with van der Waals surface area (Å²) in [7, 11) is 0. The van der Waals surface area contributed by atoms with E-state index in [9.17, 15) is 4.79 Å². The highest BCUT2D eigenvalue weighted by Crippen LogP contribution is 2.22. The molecule has 0 aromatic heterocycles. The third-order valence-corrected chi connectivity index (χ3v) is 4.85. The van der Waals surface area contributed by atoms with Gasteiger partial charge in [0.25, 0.3) is 0 Å². The van der Waals surface area contributed by atoms with Gasteiger partial charge in [-0.2, -0.15) is 0 Å². The van der Waals surface area contributed by atoms with Gasteiger partial charge in [-0.25, -0.2) is 0 Å².